The number of imide groups is 1. The van der Waals surface area contributed by atoms with Gasteiger partial charge in [0.05, 0.1) is 11.8 Å². The Morgan fingerprint density at radius 1 is 0.848 bits per heavy atom. The summed E-state index contributed by atoms with van der Waals surface area (Å²) in [5.41, 5.74) is 1.73. The maximum absolute atomic E-state index is 14.2. The van der Waals surface area contributed by atoms with Gasteiger partial charge in [-0.3, -0.25) is 24.6 Å². The predicted molar refractivity (Wildman–Crippen MR) is 173 cm³/mol. The monoisotopic (exact) mass is 614 g/mol. The van der Waals surface area contributed by atoms with Crippen molar-refractivity contribution in [1.29, 1.82) is 0 Å². The topological polar surface area (TPSA) is 124 Å². The molecule has 0 saturated carbocycles. The molecule has 2 aliphatic heterocycles. The second-order valence-corrected chi connectivity index (χ2v) is 11.9. The molecule has 4 N–H and O–H groups in total. The Morgan fingerprint density at radius 2 is 1.52 bits per heavy atom. The molecule has 232 valence electrons. The highest BCUT2D eigenvalue weighted by Crippen LogP contribution is 2.50. The van der Waals surface area contributed by atoms with Crippen LogP contribution in [0.15, 0.2) is 115 Å². The summed E-state index contributed by atoms with van der Waals surface area (Å²) in [4.78, 5) is 46.1. The molecule has 2 aliphatic rings. The molecule has 3 heterocycles. The molecule has 4 atom stereocenters. The maximum atomic E-state index is 14.2. The lowest BCUT2D eigenvalue weighted by Crippen LogP contribution is -2.57. The number of hydrogen-bond acceptors (Lipinski definition) is 6. The second kappa shape index (κ2) is 12.3. The van der Waals surface area contributed by atoms with Gasteiger partial charge >= 0.3 is 5.97 Å². The van der Waals surface area contributed by atoms with Crippen LogP contribution in [-0.2, 0) is 27.3 Å². The average Bonchev–Trinajstić information content (AvgIpc) is 3.73. The van der Waals surface area contributed by atoms with Crippen LogP contribution in [0.3, 0.4) is 0 Å². The van der Waals surface area contributed by atoms with Crippen molar-refractivity contribution >= 4 is 28.7 Å². The molecule has 4 aromatic carbocycles. The first-order valence-electron chi connectivity index (χ1n) is 15.4. The summed E-state index contributed by atoms with van der Waals surface area (Å²) < 4.78 is 5.96. The number of H-pyrrole nitrogens is 1. The number of carboxylic acids is 1. The third-order valence-corrected chi connectivity index (χ3v) is 9.17. The quantitative estimate of drug-likeness (QED) is 0.121. The van der Waals surface area contributed by atoms with Crippen LogP contribution < -0.4 is 15.4 Å². The van der Waals surface area contributed by atoms with Gasteiger partial charge in [-0.2, -0.15) is 0 Å². The van der Waals surface area contributed by atoms with Crippen LogP contribution in [0, 0.1) is 11.8 Å². The molecule has 0 radical (unpaired) electrons. The van der Waals surface area contributed by atoms with E-state index in [-0.39, 0.29) is 18.9 Å². The molecule has 2 fully saturated rings. The Hall–Kier alpha value is -5.25. The zero-order valence-corrected chi connectivity index (χ0v) is 25.1. The van der Waals surface area contributed by atoms with E-state index in [1.807, 2.05) is 97.1 Å². The maximum Gasteiger partial charge on any atom is 0.325 e. The third kappa shape index (κ3) is 5.33. The van der Waals surface area contributed by atoms with Gasteiger partial charge in [-0.1, -0.05) is 78.9 Å². The summed E-state index contributed by atoms with van der Waals surface area (Å²) in [5, 5.41) is 18.4. The number of carbonyl (C=O) groups is 3. The van der Waals surface area contributed by atoms with Crippen LogP contribution >= 0.6 is 0 Å². The van der Waals surface area contributed by atoms with E-state index >= 15 is 0 Å². The van der Waals surface area contributed by atoms with Gasteiger partial charge in [-0.15, -0.1) is 0 Å². The van der Waals surface area contributed by atoms with E-state index in [9.17, 15) is 19.5 Å². The van der Waals surface area contributed by atoms with Crippen molar-refractivity contribution in [3.63, 3.8) is 0 Å². The summed E-state index contributed by atoms with van der Waals surface area (Å²) in [6.45, 7) is 1.12. The fraction of sp³-hybridized carbons (Fsp3) is 0.216. The molecule has 0 spiro atoms. The number of fused-ring (bicyclic) bond motifs is 2. The molecule has 0 bridgehead atoms. The van der Waals surface area contributed by atoms with Gasteiger partial charge in [0.2, 0.25) is 11.8 Å². The Morgan fingerprint density at radius 3 is 2.26 bits per heavy atom. The van der Waals surface area contributed by atoms with Gasteiger partial charge in [0, 0.05) is 49.2 Å². The van der Waals surface area contributed by atoms with Crippen molar-refractivity contribution in [3.05, 3.63) is 132 Å². The molecule has 9 heteroatoms. The van der Waals surface area contributed by atoms with E-state index in [2.05, 4.69) is 15.6 Å². The third-order valence-electron chi connectivity index (χ3n) is 9.17. The van der Waals surface area contributed by atoms with E-state index < -0.39 is 35.3 Å². The number of rotatable bonds is 11. The van der Waals surface area contributed by atoms with Crippen LogP contribution in [0.5, 0.6) is 11.5 Å². The Labute approximate surface area is 266 Å². The van der Waals surface area contributed by atoms with Crippen molar-refractivity contribution in [3.8, 4) is 11.5 Å². The zero-order valence-electron chi connectivity index (χ0n) is 25.1. The van der Waals surface area contributed by atoms with Crippen LogP contribution in [-0.4, -0.2) is 51.4 Å². The molecule has 5 aromatic rings. The summed E-state index contributed by atoms with van der Waals surface area (Å²) >= 11 is 0. The number of amides is 2. The summed E-state index contributed by atoms with van der Waals surface area (Å²) in [5.74, 6) is -2.67. The normalized spacial score (nSPS) is 22.3. The standard InChI is InChI=1S/C37H34N4O5/c42-34-31-32(35(43)41(34)20-19-38-22-24-9-3-1-4-10-24)37(36(44)45,21-26-23-39-30-14-8-7-13-29(26)30)40-33(31)25-15-17-28(18-16-25)46-27-11-5-2-6-12-27/h1-18,23,31-33,38-40H,19-22H2,(H,44,45). The molecule has 1 aromatic heterocycles. The number of ether oxygens (including phenoxy) is 1. The number of likely N-dealkylation sites (tertiary alicyclic amines) is 1. The summed E-state index contributed by atoms with van der Waals surface area (Å²) in [6.07, 6.45) is 1.82. The smallest absolute Gasteiger partial charge is 0.325 e. The molecular weight excluding hydrogens is 580 g/mol. The molecule has 0 aliphatic carbocycles. The van der Waals surface area contributed by atoms with E-state index in [1.54, 1.807) is 18.3 Å². The number of aromatic nitrogens is 1. The van der Waals surface area contributed by atoms with Crippen molar-refractivity contribution in [2.45, 2.75) is 24.5 Å². The van der Waals surface area contributed by atoms with Crippen molar-refractivity contribution in [2.75, 3.05) is 13.1 Å². The fourth-order valence-corrected chi connectivity index (χ4v) is 6.97. The zero-order chi connectivity index (χ0) is 31.7. The second-order valence-electron chi connectivity index (χ2n) is 11.9. The molecule has 2 amide bonds. The minimum absolute atomic E-state index is 0.0261. The Bertz CT molecular complexity index is 1870. The van der Waals surface area contributed by atoms with Crippen molar-refractivity contribution in [2.24, 2.45) is 11.8 Å². The van der Waals surface area contributed by atoms with Gasteiger partial charge < -0.3 is 20.1 Å². The number of nitrogens with zero attached hydrogens (tertiary/aromatic N) is 1. The van der Waals surface area contributed by atoms with Crippen molar-refractivity contribution in [1.82, 2.24) is 20.5 Å². The lowest BCUT2D eigenvalue weighted by molar-refractivity contribution is -0.151. The molecule has 2 saturated heterocycles. The van der Waals surface area contributed by atoms with Crippen LogP contribution in [0.2, 0.25) is 0 Å². The highest BCUT2D eigenvalue weighted by Gasteiger charge is 2.68. The first kappa shape index (κ1) is 29.5. The highest BCUT2D eigenvalue weighted by atomic mass is 16.5. The van der Waals surface area contributed by atoms with E-state index in [0.717, 1.165) is 22.0 Å². The van der Waals surface area contributed by atoms with Crippen LogP contribution in [0.4, 0.5) is 0 Å². The van der Waals surface area contributed by atoms with Crippen molar-refractivity contribution < 1.29 is 24.2 Å². The highest BCUT2D eigenvalue weighted by molar-refractivity contribution is 6.09. The lowest BCUT2D eigenvalue weighted by atomic mass is 9.76. The number of aromatic amines is 1. The van der Waals surface area contributed by atoms with Crippen LogP contribution in [0.1, 0.15) is 22.7 Å². The van der Waals surface area contributed by atoms with Gasteiger partial charge in [0.15, 0.2) is 0 Å². The van der Waals surface area contributed by atoms with E-state index in [1.165, 1.54) is 4.90 Å². The molecule has 46 heavy (non-hydrogen) atoms. The Kier molecular flexibility index (Phi) is 7.86. The number of hydrogen-bond donors (Lipinski definition) is 4. The van der Waals surface area contributed by atoms with Gasteiger partial charge in [-0.05, 0) is 47.0 Å². The molecule has 9 nitrogen and oxygen atoms in total. The van der Waals surface area contributed by atoms with E-state index in [0.29, 0.717) is 30.2 Å². The minimum atomic E-state index is -1.71. The van der Waals surface area contributed by atoms with Gasteiger partial charge in [0.1, 0.15) is 17.0 Å². The Balaban J connectivity index is 1.20. The summed E-state index contributed by atoms with van der Waals surface area (Å²) in [7, 11) is 0. The number of carbonyl (C=O) groups excluding carboxylic acids is 2. The number of aliphatic carboxylic acids is 1. The largest absolute Gasteiger partial charge is 0.480 e. The number of benzene rings is 4. The number of carboxylic acid groups (broad SMARTS) is 1. The minimum Gasteiger partial charge on any atom is -0.480 e. The van der Waals surface area contributed by atoms with Gasteiger partial charge in [-0.25, -0.2) is 0 Å². The van der Waals surface area contributed by atoms with E-state index in [4.69, 9.17) is 4.74 Å². The predicted octanol–water partition coefficient (Wildman–Crippen LogP) is 5.06. The molecular formula is C37H34N4O5. The SMILES string of the molecule is O=C1C2C(c3ccc(Oc4ccccc4)cc3)NC(Cc3c[nH]c4ccccc34)(C(=O)O)C2C(=O)N1CCNCc1ccccc1. The molecule has 7 rings (SSSR count). The first-order chi connectivity index (χ1) is 22.4. The first-order valence-corrected chi connectivity index (χ1v) is 15.4. The number of nitrogens with one attached hydrogen (secondary N) is 3. The summed E-state index contributed by atoms with van der Waals surface area (Å²) in [6, 6.07) is 33.5. The fourth-order valence-electron chi connectivity index (χ4n) is 6.97. The lowest BCUT2D eigenvalue weighted by Gasteiger charge is -2.31. The van der Waals surface area contributed by atoms with Crippen LogP contribution in [0.25, 0.3) is 10.9 Å². The molecule has 4 unspecified atom stereocenters. The average molecular weight is 615 g/mol. The van der Waals surface area contributed by atoms with Gasteiger partial charge in [0.25, 0.3) is 0 Å². The number of para-hydroxylation sites is 2.